The van der Waals surface area contributed by atoms with Gasteiger partial charge in [-0.2, -0.15) is 0 Å². The van der Waals surface area contributed by atoms with E-state index in [1.807, 2.05) is 0 Å². The number of hydrogen-bond donors (Lipinski definition) is 0. The van der Waals surface area contributed by atoms with E-state index < -0.39 is 0 Å². The predicted molar refractivity (Wildman–Crippen MR) is 76.7 cm³/mol. The first kappa shape index (κ1) is 8.89. The fraction of sp³-hybridized carbons (Fsp3) is 0.111. The minimum Gasteiger partial charge on any atom is -0.359 e. The molecule has 0 saturated carbocycles. The second-order valence-corrected chi connectivity index (χ2v) is 5.72. The summed E-state index contributed by atoms with van der Waals surface area (Å²) >= 11 is 0. The molecule has 0 bridgehead atoms. The zero-order chi connectivity index (χ0) is 12.1. The van der Waals surface area contributed by atoms with E-state index in [9.17, 15) is 0 Å². The highest BCUT2D eigenvalue weighted by molar-refractivity contribution is 6.25. The Kier molecular flexibility index (Phi) is 1.21. The molecule has 2 aliphatic rings. The lowest BCUT2D eigenvalue weighted by atomic mass is 9.91. The van der Waals surface area contributed by atoms with Gasteiger partial charge in [-0.15, -0.1) is 0 Å². The summed E-state index contributed by atoms with van der Waals surface area (Å²) < 4.78 is 5.79. The van der Waals surface area contributed by atoms with Crippen LogP contribution in [0.3, 0.4) is 0 Å². The SMILES string of the molecule is c1cc2ccc3ccc4c5c(cc(c1)c2c35)C1OC41. The molecule has 0 N–H and O–H groups in total. The zero-order valence-corrected chi connectivity index (χ0v) is 10.2. The van der Waals surface area contributed by atoms with Crippen LogP contribution in [-0.4, -0.2) is 0 Å². The third-order valence-electron chi connectivity index (χ3n) is 4.80. The van der Waals surface area contributed by atoms with Crippen molar-refractivity contribution in [2.45, 2.75) is 12.2 Å². The van der Waals surface area contributed by atoms with Gasteiger partial charge in [0, 0.05) is 0 Å². The van der Waals surface area contributed by atoms with Gasteiger partial charge in [-0.3, -0.25) is 0 Å². The van der Waals surface area contributed by atoms with Crippen LogP contribution in [0.1, 0.15) is 23.3 Å². The van der Waals surface area contributed by atoms with Crippen molar-refractivity contribution in [3.63, 3.8) is 0 Å². The maximum atomic E-state index is 5.79. The molecule has 2 atom stereocenters. The summed E-state index contributed by atoms with van der Waals surface area (Å²) in [5.41, 5.74) is 2.79. The molecule has 6 rings (SSSR count). The highest BCUT2D eigenvalue weighted by atomic mass is 16.6. The molecule has 1 aliphatic heterocycles. The molecule has 1 heterocycles. The van der Waals surface area contributed by atoms with Gasteiger partial charge in [0.15, 0.2) is 0 Å². The van der Waals surface area contributed by atoms with Gasteiger partial charge in [0.25, 0.3) is 0 Å². The average Bonchev–Trinajstić information content (AvgIpc) is 3.19. The number of epoxide rings is 1. The zero-order valence-electron chi connectivity index (χ0n) is 10.2. The first-order valence-electron chi connectivity index (χ1n) is 6.77. The van der Waals surface area contributed by atoms with Crippen molar-refractivity contribution in [3.8, 4) is 0 Å². The van der Waals surface area contributed by atoms with Gasteiger partial charge < -0.3 is 4.74 Å². The minimum atomic E-state index is 0.323. The van der Waals surface area contributed by atoms with Crippen LogP contribution in [-0.2, 0) is 4.74 Å². The van der Waals surface area contributed by atoms with Crippen molar-refractivity contribution in [1.82, 2.24) is 0 Å². The second kappa shape index (κ2) is 2.59. The van der Waals surface area contributed by atoms with Crippen LogP contribution in [0.25, 0.3) is 32.3 Å². The maximum Gasteiger partial charge on any atom is 0.114 e. The molecule has 0 spiro atoms. The molecule has 2 unspecified atom stereocenters. The Hall–Kier alpha value is -2.12. The van der Waals surface area contributed by atoms with Crippen LogP contribution in [0, 0.1) is 0 Å². The molecule has 0 aromatic heterocycles. The third-order valence-corrected chi connectivity index (χ3v) is 4.80. The molecule has 1 aliphatic carbocycles. The molecular formula is C18H10O. The highest BCUT2D eigenvalue weighted by Crippen LogP contribution is 2.61. The molecule has 19 heavy (non-hydrogen) atoms. The van der Waals surface area contributed by atoms with Crippen LogP contribution in [0.4, 0.5) is 0 Å². The molecule has 0 radical (unpaired) electrons. The standard InChI is InChI=1S/C18H10O/c1-2-9-4-5-10-6-7-12-16-13(18-17(12)19-18)8-11(3-1)14(9)15(10)16/h1-8,17-18H. The second-order valence-electron chi connectivity index (χ2n) is 5.72. The number of ether oxygens (including phenoxy) is 1. The summed E-state index contributed by atoms with van der Waals surface area (Å²) in [6.07, 6.45) is 0.652. The summed E-state index contributed by atoms with van der Waals surface area (Å²) in [5, 5.41) is 8.36. The predicted octanol–water partition coefficient (Wildman–Crippen LogP) is 4.71. The van der Waals surface area contributed by atoms with E-state index in [4.69, 9.17) is 4.74 Å². The van der Waals surface area contributed by atoms with E-state index in [-0.39, 0.29) is 0 Å². The van der Waals surface area contributed by atoms with Crippen molar-refractivity contribution in [3.05, 3.63) is 59.7 Å². The van der Waals surface area contributed by atoms with Crippen molar-refractivity contribution >= 4 is 32.3 Å². The quantitative estimate of drug-likeness (QED) is 0.321. The molecule has 1 saturated heterocycles. The van der Waals surface area contributed by atoms with Crippen molar-refractivity contribution in [2.75, 3.05) is 0 Å². The van der Waals surface area contributed by atoms with E-state index in [0.29, 0.717) is 12.2 Å². The van der Waals surface area contributed by atoms with E-state index in [1.54, 1.807) is 0 Å². The lowest BCUT2D eigenvalue weighted by molar-refractivity contribution is 0.374. The van der Waals surface area contributed by atoms with E-state index in [1.165, 1.54) is 43.4 Å². The summed E-state index contributed by atoms with van der Waals surface area (Å²) in [5.74, 6) is 0. The molecule has 1 nitrogen and oxygen atoms in total. The van der Waals surface area contributed by atoms with Crippen molar-refractivity contribution < 1.29 is 4.74 Å². The van der Waals surface area contributed by atoms with E-state index in [2.05, 4.69) is 48.5 Å². The third kappa shape index (κ3) is 0.853. The Balaban J connectivity index is 2.06. The van der Waals surface area contributed by atoms with Crippen molar-refractivity contribution in [1.29, 1.82) is 0 Å². The Morgan fingerprint density at radius 3 is 2.32 bits per heavy atom. The van der Waals surface area contributed by atoms with Gasteiger partial charge in [-0.05, 0) is 49.5 Å². The molecule has 0 amide bonds. The summed E-state index contributed by atoms with van der Waals surface area (Å²) in [6, 6.07) is 17.9. The molecule has 1 heteroatoms. The minimum absolute atomic E-state index is 0.323. The Morgan fingerprint density at radius 2 is 1.37 bits per heavy atom. The normalized spacial score (nSPS) is 23.6. The largest absolute Gasteiger partial charge is 0.359 e. The first-order chi connectivity index (χ1) is 9.42. The van der Waals surface area contributed by atoms with Gasteiger partial charge in [-0.25, -0.2) is 0 Å². The van der Waals surface area contributed by atoms with Crippen LogP contribution in [0.5, 0.6) is 0 Å². The number of benzene rings is 4. The van der Waals surface area contributed by atoms with E-state index >= 15 is 0 Å². The van der Waals surface area contributed by atoms with Crippen molar-refractivity contribution in [2.24, 2.45) is 0 Å². The van der Waals surface area contributed by atoms with Crippen LogP contribution < -0.4 is 0 Å². The van der Waals surface area contributed by atoms with Gasteiger partial charge >= 0.3 is 0 Å². The van der Waals surface area contributed by atoms with Gasteiger partial charge in [-0.1, -0.05) is 42.5 Å². The molecule has 1 fully saturated rings. The molecular weight excluding hydrogens is 232 g/mol. The maximum absolute atomic E-state index is 5.79. The van der Waals surface area contributed by atoms with Crippen LogP contribution in [0.15, 0.2) is 48.5 Å². The van der Waals surface area contributed by atoms with Crippen LogP contribution in [0.2, 0.25) is 0 Å². The summed E-state index contributed by atoms with van der Waals surface area (Å²) in [6.45, 7) is 0. The Morgan fingerprint density at radius 1 is 0.632 bits per heavy atom. The molecule has 88 valence electrons. The highest BCUT2D eigenvalue weighted by Gasteiger charge is 2.49. The Labute approximate surface area is 109 Å². The smallest absolute Gasteiger partial charge is 0.114 e. The summed E-state index contributed by atoms with van der Waals surface area (Å²) in [7, 11) is 0. The average molecular weight is 242 g/mol. The number of hydrogen-bond acceptors (Lipinski definition) is 1. The van der Waals surface area contributed by atoms with E-state index in [0.717, 1.165) is 0 Å². The number of rotatable bonds is 0. The lowest BCUT2D eigenvalue weighted by Gasteiger charge is -2.13. The fourth-order valence-electron chi connectivity index (χ4n) is 3.96. The fourth-order valence-corrected chi connectivity index (χ4v) is 3.96. The Bertz CT molecular complexity index is 999. The molecule has 4 aromatic rings. The van der Waals surface area contributed by atoms with Gasteiger partial charge in [0.2, 0.25) is 0 Å². The first-order valence-corrected chi connectivity index (χ1v) is 6.77. The van der Waals surface area contributed by atoms with Gasteiger partial charge in [0.1, 0.15) is 12.2 Å². The topological polar surface area (TPSA) is 12.5 Å². The molecule has 4 aromatic carbocycles. The van der Waals surface area contributed by atoms with Gasteiger partial charge in [0.05, 0.1) is 0 Å². The number of fused-ring (bicyclic) bond motifs is 3. The van der Waals surface area contributed by atoms with Crippen LogP contribution >= 0.6 is 0 Å². The summed E-state index contributed by atoms with van der Waals surface area (Å²) in [4.78, 5) is 0. The monoisotopic (exact) mass is 242 g/mol. The lowest BCUT2D eigenvalue weighted by Crippen LogP contribution is -1.89.